The lowest BCUT2D eigenvalue weighted by atomic mass is 9.84. The Kier molecular flexibility index (Phi) is 6.67. The van der Waals surface area contributed by atoms with Gasteiger partial charge in [0.05, 0.1) is 6.26 Å². The van der Waals surface area contributed by atoms with E-state index in [1.807, 2.05) is 0 Å². The molecule has 0 bridgehead atoms. The first-order valence-corrected chi connectivity index (χ1v) is 8.19. The minimum absolute atomic E-state index is 0.296. The molecule has 12 heteroatoms. The summed E-state index contributed by atoms with van der Waals surface area (Å²) in [6, 6.07) is 0. The van der Waals surface area contributed by atoms with Crippen LogP contribution in [0.4, 0.5) is 26.3 Å². The van der Waals surface area contributed by atoms with E-state index < -0.39 is 45.3 Å². The molecule has 0 spiro atoms. The number of halogens is 6. The molecular formula is C10H16F6O4S2. The highest BCUT2D eigenvalue weighted by molar-refractivity contribution is 7.86. The van der Waals surface area contributed by atoms with Gasteiger partial charge in [-0.2, -0.15) is 47.4 Å². The lowest BCUT2D eigenvalue weighted by Gasteiger charge is -2.40. The van der Waals surface area contributed by atoms with E-state index in [2.05, 4.69) is 16.8 Å². The second-order valence-corrected chi connectivity index (χ2v) is 7.53. The summed E-state index contributed by atoms with van der Waals surface area (Å²) in [7, 11) is -4.69. The molecule has 0 aromatic rings. The van der Waals surface area contributed by atoms with Crippen molar-refractivity contribution < 1.29 is 44.0 Å². The number of hydrogen-bond donors (Lipinski definition) is 2. The Labute approximate surface area is 129 Å². The Hall–Kier alpha value is -0.200. The Morgan fingerprint density at radius 2 is 1.45 bits per heavy atom. The van der Waals surface area contributed by atoms with Crippen molar-refractivity contribution in [2.75, 3.05) is 6.26 Å². The van der Waals surface area contributed by atoms with Crippen molar-refractivity contribution in [3.63, 3.8) is 0 Å². The molecular weight excluding hydrogens is 362 g/mol. The zero-order chi connectivity index (χ0) is 18.1. The second-order valence-electron chi connectivity index (χ2n) is 5.04. The number of rotatable bonds is 6. The minimum Gasteiger partial charge on any atom is -0.372 e. The molecule has 0 aromatic carbocycles. The third-order valence-electron chi connectivity index (χ3n) is 2.78. The summed E-state index contributed by atoms with van der Waals surface area (Å²) in [5.41, 5.74) is -5.33. The van der Waals surface area contributed by atoms with E-state index in [9.17, 15) is 39.9 Å². The Morgan fingerprint density at radius 1 is 1.09 bits per heavy atom. The number of aliphatic hydroxyl groups is 1. The van der Waals surface area contributed by atoms with Crippen LogP contribution in [0, 0.1) is 5.92 Å². The van der Waals surface area contributed by atoms with Crippen LogP contribution in [0.1, 0.15) is 20.3 Å². The molecule has 0 rings (SSSR count). The first-order valence-electron chi connectivity index (χ1n) is 5.85. The SMILES string of the molecule is CC(S)C[C@@H](C)[C@@H](OS(C)(=O)=O)C(O)(C(F)(F)F)C(F)(F)F. The van der Waals surface area contributed by atoms with Gasteiger partial charge >= 0.3 is 12.4 Å². The van der Waals surface area contributed by atoms with Gasteiger partial charge in [-0.1, -0.05) is 13.8 Å². The fourth-order valence-corrected chi connectivity index (χ4v) is 2.95. The molecule has 0 amide bonds. The van der Waals surface area contributed by atoms with E-state index in [0.717, 1.165) is 6.92 Å². The fraction of sp³-hybridized carbons (Fsp3) is 1.00. The van der Waals surface area contributed by atoms with Gasteiger partial charge in [0.2, 0.25) is 0 Å². The quantitative estimate of drug-likeness (QED) is 0.424. The zero-order valence-corrected chi connectivity index (χ0v) is 13.4. The fourth-order valence-electron chi connectivity index (χ4n) is 1.91. The van der Waals surface area contributed by atoms with Gasteiger partial charge in [0.25, 0.3) is 15.7 Å². The van der Waals surface area contributed by atoms with Crippen LogP contribution >= 0.6 is 12.6 Å². The molecule has 4 nitrogen and oxygen atoms in total. The summed E-state index contributed by atoms with van der Waals surface area (Å²) >= 11 is 3.84. The second kappa shape index (κ2) is 6.73. The standard InChI is InChI=1S/C10H16F6O4S2/c1-5(4-6(2)21)7(20-22(3,18)19)8(17,9(11,12)13)10(14,15)16/h5-7,17,21H,4H2,1-3H3/t5-,6?,7-/m1/s1. The molecule has 0 aliphatic heterocycles. The average Bonchev–Trinajstić information content (AvgIpc) is 2.19. The molecule has 0 fully saturated rings. The molecule has 0 aromatic heterocycles. The number of hydrogen-bond acceptors (Lipinski definition) is 5. The maximum absolute atomic E-state index is 12.9. The van der Waals surface area contributed by atoms with E-state index in [0.29, 0.717) is 6.26 Å². The predicted molar refractivity (Wildman–Crippen MR) is 69.0 cm³/mol. The van der Waals surface area contributed by atoms with Gasteiger partial charge < -0.3 is 5.11 Å². The van der Waals surface area contributed by atoms with Gasteiger partial charge in [0.1, 0.15) is 6.10 Å². The predicted octanol–water partition coefficient (Wildman–Crippen LogP) is 2.53. The van der Waals surface area contributed by atoms with Crippen LogP contribution in [0.25, 0.3) is 0 Å². The van der Waals surface area contributed by atoms with Crippen molar-refractivity contribution in [2.24, 2.45) is 5.92 Å². The third-order valence-corrected chi connectivity index (χ3v) is 3.55. The Morgan fingerprint density at radius 3 is 1.68 bits per heavy atom. The molecule has 0 aliphatic carbocycles. The third kappa shape index (κ3) is 5.17. The monoisotopic (exact) mass is 378 g/mol. The van der Waals surface area contributed by atoms with Crippen molar-refractivity contribution in [1.29, 1.82) is 0 Å². The lowest BCUT2D eigenvalue weighted by Crippen LogP contribution is -2.66. The highest BCUT2D eigenvalue weighted by atomic mass is 32.2. The molecule has 0 aliphatic rings. The van der Waals surface area contributed by atoms with Crippen molar-refractivity contribution >= 4 is 22.7 Å². The average molecular weight is 378 g/mol. The van der Waals surface area contributed by atoms with Gasteiger partial charge in [-0.3, -0.25) is 4.18 Å². The van der Waals surface area contributed by atoms with E-state index >= 15 is 0 Å². The number of thiol groups is 1. The lowest BCUT2D eigenvalue weighted by molar-refractivity contribution is -0.392. The van der Waals surface area contributed by atoms with E-state index in [1.54, 1.807) is 0 Å². The van der Waals surface area contributed by atoms with Crippen molar-refractivity contribution in [2.45, 2.75) is 49.6 Å². The topological polar surface area (TPSA) is 63.6 Å². The summed E-state index contributed by atoms with van der Waals surface area (Å²) in [5, 5.41) is 8.68. The highest BCUT2D eigenvalue weighted by Crippen LogP contribution is 2.48. The van der Waals surface area contributed by atoms with Crippen LogP contribution in [0.5, 0.6) is 0 Å². The smallest absolute Gasteiger partial charge is 0.372 e. The molecule has 0 saturated carbocycles. The maximum atomic E-state index is 12.9. The van der Waals surface area contributed by atoms with Crippen LogP contribution in [0.15, 0.2) is 0 Å². The summed E-state index contributed by atoms with van der Waals surface area (Å²) in [5.74, 6) is -1.60. The van der Waals surface area contributed by atoms with Crippen LogP contribution in [-0.2, 0) is 14.3 Å². The molecule has 0 heterocycles. The first-order chi connectivity index (χ1) is 9.43. The Bertz CT molecular complexity index is 457. The molecule has 0 radical (unpaired) electrons. The molecule has 1 unspecified atom stereocenters. The Balaban J connectivity index is 6.09. The van der Waals surface area contributed by atoms with Crippen LogP contribution in [0.3, 0.4) is 0 Å². The summed E-state index contributed by atoms with van der Waals surface area (Å²) in [6.45, 7) is 2.29. The zero-order valence-electron chi connectivity index (χ0n) is 11.7. The van der Waals surface area contributed by atoms with Crippen molar-refractivity contribution in [3.05, 3.63) is 0 Å². The molecule has 134 valence electrons. The van der Waals surface area contributed by atoms with Crippen LogP contribution in [-0.4, -0.2) is 49.1 Å². The van der Waals surface area contributed by atoms with E-state index in [1.165, 1.54) is 6.92 Å². The van der Waals surface area contributed by atoms with Crippen molar-refractivity contribution in [1.82, 2.24) is 0 Å². The van der Waals surface area contributed by atoms with E-state index in [-0.39, 0.29) is 6.42 Å². The van der Waals surface area contributed by atoms with Gasteiger partial charge in [0, 0.05) is 0 Å². The van der Waals surface area contributed by atoms with Gasteiger partial charge in [-0.05, 0) is 17.6 Å². The van der Waals surface area contributed by atoms with Crippen LogP contribution < -0.4 is 0 Å². The first kappa shape index (κ1) is 21.8. The van der Waals surface area contributed by atoms with Crippen molar-refractivity contribution in [3.8, 4) is 0 Å². The molecule has 0 saturated heterocycles. The number of alkyl halides is 6. The van der Waals surface area contributed by atoms with Gasteiger partial charge in [-0.25, -0.2) is 0 Å². The highest BCUT2D eigenvalue weighted by Gasteiger charge is 2.75. The maximum Gasteiger partial charge on any atom is 0.428 e. The largest absolute Gasteiger partial charge is 0.428 e. The molecule has 1 N–H and O–H groups in total. The van der Waals surface area contributed by atoms with E-state index in [4.69, 9.17) is 0 Å². The summed E-state index contributed by atoms with van der Waals surface area (Å²) in [4.78, 5) is 0. The molecule has 22 heavy (non-hydrogen) atoms. The molecule has 3 atom stereocenters. The normalized spacial score (nSPS) is 18.9. The van der Waals surface area contributed by atoms with Gasteiger partial charge in [-0.15, -0.1) is 0 Å². The summed E-state index contributed by atoms with van der Waals surface area (Å²) in [6.07, 6.45) is -15.5. The summed E-state index contributed by atoms with van der Waals surface area (Å²) < 4.78 is 103. The van der Waals surface area contributed by atoms with Crippen LogP contribution in [0.2, 0.25) is 0 Å². The minimum atomic E-state index is -6.19. The van der Waals surface area contributed by atoms with Gasteiger partial charge in [0.15, 0.2) is 0 Å².